The Labute approximate surface area is 248 Å². The molecule has 5 rings (SSSR count). The van der Waals surface area contributed by atoms with E-state index in [9.17, 15) is 19.2 Å². The van der Waals surface area contributed by atoms with E-state index in [0.717, 1.165) is 26.8 Å². The van der Waals surface area contributed by atoms with E-state index in [0.29, 0.717) is 0 Å². The lowest BCUT2D eigenvalue weighted by Crippen LogP contribution is -2.50. The number of nitrogen functional groups attached to an aromatic ring is 1. The second kappa shape index (κ2) is 12.7. The van der Waals surface area contributed by atoms with Crippen LogP contribution in [-0.4, -0.2) is 71.0 Å². The smallest absolute Gasteiger partial charge is 0.410 e. The van der Waals surface area contributed by atoms with E-state index >= 15 is 0 Å². The van der Waals surface area contributed by atoms with E-state index < -0.39 is 48.2 Å². The number of aromatic nitrogens is 2. The molecule has 43 heavy (non-hydrogen) atoms. The highest BCUT2D eigenvalue weighted by atomic mass is 16.6. The zero-order valence-electron chi connectivity index (χ0n) is 24.2. The van der Waals surface area contributed by atoms with Gasteiger partial charge in [-0.05, 0) is 41.7 Å². The molecule has 1 aliphatic heterocycles. The monoisotopic (exact) mass is 590 g/mol. The molecule has 0 radical (unpaired) electrons. The van der Waals surface area contributed by atoms with Crippen LogP contribution in [0.5, 0.6) is 0 Å². The first-order valence-corrected chi connectivity index (χ1v) is 14.1. The number of benzene rings is 2. The number of esters is 2. The molecule has 2 aliphatic rings. The average molecular weight is 591 g/mol. The van der Waals surface area contributed by atoms with Gasteiger partial charge in [0.2, 0.25) is 0 Å². The van der Waals surface area contributed by atoms with Crippen molar-refractivity contribution in [2.75, 3.05) is 26.0 Å². The fourth-order valence-corrected chi connectivity index (χ4v) is 5.90. The number of nitrogens with zero attached hydrogens (tertiary/aromatic N) is 3. The highest BCUT2D eigenvalue weighted by molar-refractivity contribution is 5.79. The summed E-state index contributed by atoms with van der Waals surface area (Å²) in [6.45, 7) is 3.20. The third kappa shape index (κ3) is 6.09. The van der Waals surface area contributed by atoms with Gasteiger partial charge >= 0.3 is 23.7 Å². The summed E-state index contributed by atoms with van der Waals surface area (Å²) in [5.74, 6) is -1.26. The van der Waals surface area contributed by atoms with Gasteiger partial charge < -0.3 is 29.6 Å². The maximum absolute atomic E-state index is 13.6. The predicted molar refractivity (Wildman–Crippen MR) is 155 cm³/mol. The highest BCUT2D eigenvalue weighted by Gasteiger charge is 2.51. The van der Waals surface area contributed by atoms with Gasteiger partial charge in [0, 0.05) is 32.5 Å². The second-order valence-corrected chi connectivity index (χ2v) is 10.4. The Kier molecular flexibility index (Phi) is 8.76. The number of amides is 1. The van der Waals surface area contributed by atoms with Crippen LogP contribution in [0.15, 0.2) is 65.6 Å². The number of likely N-dealkylation sites (N-methyl/N-ethyl adjacent to an activating group) is 1. The van der Waals surface area contributed by atoms with Crippen molar-refractivity contribution in [2.24, 2.45) is 0 Å². The summed E-state index contributed by atoms with van der Waals surface area (Å²) >= 11 is 0. The summed E-state index contributed by atoms with van der Waals surface area (Å²) in [5, 5.41) is 0. The topological polar surface area (TPSA) is 152 Å². The molecule has 2 heterocycles. The Bertz CT molecular complexity index is 1530. The van der Waals surface area contributed by atoms with E-state index in [4.69, 9.17) is 24.7 Å². The van der Waals surface area contributed by atoms with Crippen LogP contribution < -0.4 is 11.4 Å². The van der Waals surface area contributed by atoms with Crippen molar-refractivity contribution in [3.05, 3.63) is 82.4 Å². The van der Waals surface area contributed by atoms with Crippen LogP contribution in [0.25, 0.3) is 11.1 Å². The molecule has 12 nitrogen and oxygen atoms in total. The summed E-state index contributed by atoms with van der Waals surface area (Å²) in [7, 11) is 1.51. The number of rotatable bonds is 9. The maximum atomic E-state index is 13.6. The molecule has 0 unspecified atom stereocenters. The van der Waals surface area contributed by atoms with Gasteiger partial charge in [-0.2, -0.15) is 4.98 Å². The Balaban J connectivity index is 1.41. The van der Waals surface area contributed by atoms with Crippen LogP contribution in [0.2, 0.25) is 0 Å². The number of hydrogen-bond donors (Lipinski definition) is 1. The average Bonchev–Trinajstić information content (AvgIpc) is 3.49. The Hall–Kier alpha value is -4.71. The SMILES string of the molecule is CCOC(=O)CC[C@H]1O[C@@H](n2ccc(N)nc2=O)[C@H](OC(C)=O)[C@@H]1N(C)C(=O)OCC1c2ccccc2-c2ccccc21. The van der Waals surface area contributed by atoms with Crippen molar-refractivity contribution in [3.63, 3.8) is 0 Å². The molecule has 3 aromatic rings. The predicted octanol–water partition coefficient (Wildman–Crippen LogP) is 3.25. The van der Waals surface area contributed by atoms with E-state index in [2.05, 4.69) is 4.98 Å². The lowest BCUT2D eigenvalue weighted by Gasteiger charge is -2.31. The van der Waals surface area contributed by atoms with Crippen LogP contribution in [0.4, 0.5) is 10.6 Å². The molecule has 226 valence electrons. The van der Waals surface area contributed by atoms with Crippen LogP contribution in [-0.2, 0) is 28.5 Å². The van der Waals surface area contributed by atoms with Crippen LogP contribution >= 0.6 is 0 Å². The van der Waals surface area contributed by atoms with Crippen molar-refractivity contribution in [3.8, 4) is 11.1 Å². The standard InChI is InChI=1S/C31H34N4O8/c1-4-40-26(37)14-13-24-27(28(42-18(2)36)29(43-24)35-16-15-25(32)33-30(35)38)34(3)31(39)41-17-23-21-11-7-5-9-19(21)20-10-6-8-12-22(20)23/h5-12,15-16,23-24,27-29H,4,13-14,17H2,1-3H3,(H2,32,33,38)/t24-,27-,28-,29-/m1/s1. The van der Waals surface area contributed by atoms with E-state index in [-0.39, 0.29) is 37.8 Å². The first-order valence-electron chi connectivity index (χ1n) is 14.1. The van der Waals surface area contributed by atoms with E-state index in [1.807, 2.05) is 48.5 Å². The lowest BCUT2D eigenvalue weighted by molar-refractivity contribution is -0.154. The molecule has 0 spiro atoms. The van der Waals surface area contributed by atoms with Crippen molar-refractivity contribution >= 4 is 23.8 Å². The van der Waals surface area contributed by atoms with Gasteiger partial charge in [0.1, 0.15) is 18.5 Å². The lowest BCUT2D eigenvalue weighted by atomic mass is 9.98. The normalized spacial score (nSPS) is 20.6. The Morgan fingerprint density at radius 2 is 1.67 bits per heavy atom. The summed E-state index contributed by atoms with van der Waals surface area (Å²) in [6, 6.07) is 16.5. The fourth-order valence-electron chi connectivity index (χ4n) is 5.90. The Morgan fingerprint density at radius 1 is 1.02 bits per heavy atom. The molecular formula is C31H34N4O8. The number of carbonyl (C=O) groups excluding carboxylic acids is 3. The van der Waals surface area contributed by atoms with Crippen LogP contribution in [0.1, 0.15) is 50.0 Å². The van der Waals surface area contributed by atoms with Gasteiger partial charge in [-0.15, -0.1) is 0 Å². The third-order valence-corrected chi connectivity index (χ3v) is 7.75. The van der Waals surface area contributed by atoms with Crippen molar-refractivity contribution in [1.82, 2.24) is 14.5 Å². The molecule has 2 aromatic carbocycles. The van der Waals surface area contributed by atoms with E-state index in [1.165, 1.54) is 31.1 Å². The van der Waals surface area contributed by atoms with Gasteiger partial charge in [-0.25, -0.2) is 9.59 Å². The zero-order chi connectivity index (χ0) is 30.7. The molecule has 0 bridgehead atoms. The minimum atomic E-state index is -1.15. The zero-order valence-corrected chi connectivity index (χ0v) is 24.2. The van der Waals surface area contributed by atoms with E-state index in [1.54, 1.807) is 6.92 Å². The number of fused-ring (bicyclic) bond motifs is 3. The second-order valence-electron chi connectivity index (χ2n) is 10.4. The Morgan fingerprint density at radius 3 is 2.28 bits per heavy atom. The molecule has 1 amide bonds. The summed E-state index contributed by atoms with van der Waals surface area (Å²) in [4.78, 5) is 55.9. The number of carbonyl (C=O) groups is 3. The molecule has 1 aliphatic carbocycles. The molecule has 1 fully saturated rings. The quantitative estimate of drug-likeness (QED) is 0.290. The summed E-state index contributed by atoms with van der Waals surface area (Å²) < 4.78 is 23.9. The largest absolute Gasteiger partial charge is 0.466 e. The van der Waals surface area contributed by atoms with Crippen molar-refractivity contribution < 1.29 is 33.3 Å². The molecule has 1 saturated heterocycles. The van der Waals surface area contributed by atoms with Gasteiger partial charge in [0.25, 0.3) is 0 Å². The van der Waals surface area contributed by atoms with Gasteiger partial charge in [0.15, 0.2) is 12.3 Å². The molecule has 0 saturated carbocycles. The van der Waals surface area contributed by atoms with Gasteiger partial charge in [-0.3, -0.25) is 14.2 Å². The van der Waals surface area contributed by atoms with Gasteiger partial charge in [-0.1, -0.05) is 48.5 Å². The summed E-state index contributed by atoms with van der Waals surface area (Å²) in [5.41, 5.74) is 9.25. The molecule has 1 aromatic heterocycles. The summed E-state index contributed by atoms with van der Waals surface area (Å²) in [6.07, 6.45) is -2.31. The third-order valence-electron chi connectivity index (χ3n) is 7.75. The molecular weight excluding hydrogens is 556 g/mol. The number of nitrogens with two attached hydrogens (primary N) is 1. The van der Waals surface area contributed by atoms with Crippen LogP contribution in [0, 0.1) is 0 Å². The molecule has 4 atom stereocenters. The number of hydrogen-bond acceptors (Lipinski definition) is 10. The minimum Gasteiger partial charge on any atom is -0.466 e. The molecule has 12 heteroatoms. The fraction of sp³-hybridized carbons (Fsp3) is 0.387. The van der Waals surface area contributed by atoms with Crippen molar-refractivity contribution in [2.45, 2.75) is 57.1 Å². The molecule has 2 N–H and O–H groups in total. The number of anilines is 1. The first kappa shape index (κ1) is 29.8. The first-order chi connectivity index (χ1) is 20.7. The van der Waals surface area contributed by atoms with Crippen LogP contribution in [0.3, 0.4) is 0 Å². The van der Waals surface area contributed by atoms with Gasteiger partial charge in [0.05, 0.1) is 12.7 Å². The number of ether oxygens (including phenoxy) is 4. The minimum absolute atomic E-state index is 0.00875. The maximum Gasteiger partial charge on any atom is 0.410 e. The van der Waals surface area contributed by atoms with Crippen molar-refractivity contribution in [1.29, 1.82) is 0 Å². The highest BCUT2D eigenvalue weighted by Crippen LogP contribution is 2.44.